The molecule has 18 heavy (non-hydrogen) atoms. The molecule has 6 heteroatoms. The number of carboxylic acids is 2. The maximum Gasteiger partial charge on any atom is 0.323 e. The van der Waals surface area contributed by atoms with Gasteiger partial charge in [0, 0.05) is 12.1 Å². The monoisotopic (exact) mass is 251 g/mol. The van der Waals surface area contributed by atoms with Gasteiger partial charge in [-0.2, -0.15) is 0 Å². The fraction of sp³-hybridized carbons (Fsp3) is 0.250. The number of rotatable bonds is 6. The second-order valence-corrected chi connectivity index (χ2v) is 3.63. The van der Waals surface area contributed by atoms with Gasteiger partial charge in [0.1, 0.15) is 6.54 Å². The fourth-order valence-electron chi connectivity index (χ4n) is 1.41. The lowest BCUT2D eigenvalue weighted by molar-refractivity contribution is -0.140. The molecule has 2 N–H and O–H groups in total. The third-order valence-electron chi connectivity index (χ3n) is 2.23. The Bertz CT molecular complexity index is 443. The van der Waals surface area contributed by atoms with Crippen LogP contribution in [-0.2, 0) is 9.59 Å². The van der Waals surface area contributed by atoms with Crippen molar-refractivity contribution in [2.24, 2.45) is 0 Å². The van der Waals surface area contributed by atoms with Crippen LogP contribution in [0, 0.1) is 0 Å². The molecule has 0 aromatic heterocycles. The summed E-state index contributed by atoms with van der Waals surface area (Å²) < 4.78 is 0. The molecule has 0 saturated carbocycles. The standard InChI is InChI=1S/C12H13NO5/c14-10(15)6-7-13(8-11(16)17)12(18)9-4-2-1-3-5-9/h1-5H,6-8H2,(H,14,15)(H,16,17). The van der Waals surface area contributed by atoms with E-state index in [1.54, 1.807) is 30.3 Å². The van der Waals surface area contributed by atoms with Crippen LogP contribution < -0.4 is 0 Å². The number of aliphatic carboxylic acids is 2. The summed E-state index contributed by atoms with van der Waals surface area (Å²) >= 11 is 0. The number of amides is 1. The minimum atomic E-state index is -1.18. The summed E-state index contributed by atoms with van der Waals surface area (Å²) in [5.74, 6) is -2.74. The Balaban J connectivity index is 2.78. The molecule has 0 spiro atoms. The molecule has 1 amide bonds. The van der Waals surface area contributed by atoms with Crippen LogP contribution in [-0.4, -0.2) is 46.0 Å². The summed E-state index contributed by atoms with van der Waals surface area (Å²) in [5.41, 5.74) is 0.337. The first-order chi connectivity index (χ1) is 8.50. The van der Waals surface area contributed by atoms with Crippen LogP contribution in [0.15, 0.2) is 30.3 Å². The van der Waals surface area contributed by atoms with Gasteiger partial charge in [0.05, 0.1) is 6.42 Å². The summed E-state index contributed by atoms with van der Waals surface area (Å²) in [5, 5.41) is 17.3. The van der Waals surface area contributed by atoms with Crippen molar-refractivity contribution in [1.82, 2.24) is 4.90 Å². The van der Waals surface area contributed by atoms with E-state index in [0.717, 1.165) is 4.90 Å². The Kier molecular flexibility index (Phi) is 4.86. The van der Waals surface area contributed by atoms with Gasteiger partial charge < -0.3 is 15.1 Å². The van der Waals surface area contributed by atoms with Gasteiger partial charge in [0.2, 0.25) is 0 Å². The molecule has 96 valence electrons. The van der Waals surface area contributed by atoms with Gasteiger partial charge >= 0.3 is 11.9 Å². The van der Waals surface area contributed by atoms with Crippen molar-refractivity contribution in [2.75, 3.05) is 13.1 Å². The van der Waals surface area contributed by atoms with Crippen molar-refractivity contribution in [1.29, 1.82) is 0 Å². The summed E-state index contributed by atoms with van der Waals surface area (Å²) in [6, 6.07) is 8.15. The van der Waals surface area contributed by atoms with Gasteiger partial charge in [-0.25, -0.2) is 0 Å². The normalized spacial score (nSPS) is 9.78. The molecule has 1 aromatic rings. The van der Waals surface area contributed by atoms with Crippen LogP contribution in [0.25, 0.3) is 0 Å². The van der Waals surface area contributed by atoms with E-state index in [2.05, 4.69) is 0 Å². The van der Waals surface area contributed by atoms with E-state index in [1.165, 1.54) is 0 Å². The number of nitrogens with zero attached hydrogens (tertiary/aromatic N) is 1. The molecule has 0 aliphatic carbocycles. The van der Waals surface area contributed by atoms with Crippen LogP contribution >= 0.6 is 0 Å². The van der Waals surface area contributed by atoms with Crippen molar-refractivity contribution in [3.8, 4) is 0 Å². The topological polar surface area (TPSA) is 94.9 Å². The largest absolute Gasteiger partial charge is 0.481 e. The van der Waals surface area contributed by atoms with Crippen LogP contribution in [0.1, 0.15) is 16.8 Å². The van der Waals surface area contributed by atoms with Gasteiger partial charge in [0.25, 0.3) is 5.91 Å². The highest BCUT2D eigenvalue weighted by Crippen LogP contribution is 2.05. The Labute approximate surface area is 103 Å². The second-order valence-electron chi connectivity index (χ2n) is 3.63. The van der Waals surface area contributed by atoms with Crippen molar-refractivity contribution in [3.05, 3.63) is 35.9 Å². The molecular formula is C12H13NO5. The van der Waals surface area contributed by atoms with E-state index in [9.17, 15) is 14.4 Å². The number of carbonyl (C=O) groups is 3. The van der Waals surface area contributed by atoms with Gasteiger partial charge in [-0.05, 0) is 12.1 Å². The average molecular weight is 251 g/mol. The summed E-state index contributed by atoms with van der Waals surface area (Å²) in [7, 11) is 0. The van der Waals surface area contributed by atoms with E-state index in [0.29, 0.717) is 5.56 Å². The van der Waals surface area contributed by atoms with Crippen LogP contribution in [0.3, 0.4) is 0 Å². The molecule has 6 nitrogen and oxygen atoms in total. The van der Waals surface area contributed by atoms with Gasteiger partial charge in [-0.3, -0.25) is 14.4 Å². The molecule has 0 atom stereocenters. The Morgan fingerprint density at radius 3 is 2.11 bits per heavy atom. The molecule has 0 unspecified atom stereocenters. The Morgan fingerprint density at radius 2 is 1.61 bits per heavy atom. The molecule has 0 aliphatic rings. The smallest absolute Gasteiger partial charge is 0.323 e. The van der Waals surface area contributed by atoms with Crippen molar-refractivity contribution in [3.63, 3.8) is 0 Å². The van der Waals surface area contributed by atoms with E-state index in [1.807, 2.05) is 0 Å². The molecule has 0 heterocycles. The highest BCUT2D eigenvalue weighted by Gasteiger charge is 2.18. The molecule has 0 saturated heterocycles. The SMILES string of the molecule is O=C(O)CCN(CC(=O)O)C(=O)c1ccccc1. The lowest BCUT2D eigenvalue weighted by Crippen LogP contribution is -2.37. The van der Waals surface area contributed by atoms with Gasteiger partial charge in [0.15, 0.2) is 0 Å². The quantitative estimate of drug-likeness (QED) is 0.775. The second kappa shape index (κ2) is 6.39. The zero-order valence-electron chi connectivity index (χ0n) is 9.57. The predicted molar refractivity (Wildman–Crippen MR) is 62.2 cm³/mol. The third-order valence-corrected chi connectivity index (χ3v) is 2.23. The summed E-state index contributed by atoms with van der Waals surface area (Å²) in [6.45, 7) is -0.642. The van der Waals surface area contributed by atoms with Crippen LogP contribution in [0.5, 0.6) is 0 Å². The maximum absolute atomic E-state index is 12.0. The number of carboxylic acid groups (broad SMARTS) is 2. The Morgan fingerprint density at radius 1 is 1.00 bits per heavy atom. The minimum absolute atomic E-state index is 0.130. The summed E-state index contributed by atoms with van der Waals surface area (Å²) in [6.07, 6.45) is -0.286. The number of benzene rings is 1. The first-order valence-corrected chi connectivity index (χ1v) is 5.28. The van der Waals surface area contributed by atoms with Crippen molar-refractivity contribution < 1.29 is 24.6 Å². The molecule has 0 aliphatic heterocycles. The molecule has 0 bridgehead atoms. The average Bonchev–Trinajstić information content (AvgIpc) is 2.34. The highest BCUT2D eigenvalue weighted by atomic mass is 16.4. The Hall–Kier alpha value is -2.37. The van der Waals surface area contributed by atoms with E-state index >= 15 is 0 Å². The van der Waals surface area contributed by atoms with E-state index in [4.69, 9.17) is 10.2 Å². The zero-order chi connectivity index (χ0) is 13.5. The van der Waals surface area contributed by atoms with Crippen molar-refractivity contribution >= 4 is 17.8 Å². The first-order valence-electron chi connectivity index (χ1n) is 5.28. The van der Waals surface area contributed by atoms with Gasteiger partial charge in [-0.1, -0.05) is 18.2 Å². The first kappa shape index (κ1) is 13.7. The minimum Gasteiger partial charge on any atom is -0.481 e. The lowest BCUT2D eigenvalue weighted by atomic mass is 10.2. The van der Waals surface area contributed by atoms with Gasteiger partial charge in [-0.15, -0.1) is 0 Å². The van der Waals surface area contributed by atoms with Crippen LogP contribution in [0.4, 0.5) is 0 Å². The maximum atomic E-state index is 12.0. The fourth-order valence-corrected chi connectivity index (χ4v) is 1.41. The van der Waals surface area contributed by atoms with Crippen molar-refractivity contribution in [2.45, 2.75) is 6.42 Å². The number of hydrogen-bond donors (Lipinski definition) is 2. The molecule has 1 aromatic carbocycles. The van der Waals surface area contributed by atoms with E-state index < -0.39 is 24.4 Å². The highest BCUT2D eigenvalue weighted by molar-refractivity contribution is 5.95. The summed E-state index contributed by atoms with van der Waals surface area (Å²) in [4.78, 5) is 34.1. The third kappa shape index (κ3) is 4.25. The molecule has 0 fully saturated rings. The lowest BCUT2D eigenvalue weighted by Gasteiger charge is -2.19. The van der Waals surface area contributed by atoms with Crippen LogP contribution in [0.2, 0.25) is 0 Å². The zero-order valence-corrected chi connectivity index (χ0v) is 9.57. The molecule has 1 rings (SSSR count). The number of carbonyl (C=O) groups excluding carboxylic acids is 1. The van der Waals surface area contributed by atoms with E-state index in [-0.39, 0.29) is 13.0 Å². The number of hydrogen-bond acceptors (Lipinski definition) is 3. The predicted octanol–water partition coefficient (Wildman–Crippen LogP) is 0.688. The molecule has 0 radical (unpaired) electrons. The molecular weight excluding hydrogens is 238 g/mol.